The fourth-order valence-corrected chi connectivity index (χ4v) is 1.85. The zero-order valence-corrected chi connectivity index (χ0v) is 12.8. The zero-order valence-electron chi connectivity index (χ0n) is 12.8. The quantitative estimate of drug-likeness (QED) is 0.419. The van der Waals surface area contributed by atoms with Crippen molar-refractivity contribution in [3.05, 3.63) is 24.3 Å². The van der Waals surface area contributed by atoms with E-state index in [0.717, 1.165) is 0 Å². The molecule has 8 heteroatoms. The molecule has 0 fully saturated rings. The molecule has 0 aliphatic carbocycles. The van der Waals surface area contributed by atoms with Gasteiger partial charge in [-0.05, 0) is 25.0 Å². The molecule has 0 aromatic heterocycles. The van der Waals surface area contributed by atoms with Crippen LogP contribution in [0.4, 0.5) is 10.5 Å². The molecule has 3 amide bonds. The van der Waals surface area contributed by atoms with Crippen molar-refractivity contribution in [2.45, 2.75) is 25.3 Å². The van der Waals surface area contributed by atoms with Gasteiger partial charge in [0.1, 0.15) is 5.75 Å². The Morgan fingerprint density at radius 1 is 1.26 bits per heavy atom. The molecule has 23 heavy (non-hydrogen) atoms. The molecule has 6 N–H and O–H groups in total. The van der Waals surface area contributed by atoms with Crippen LogP contribution >= 0.6 is 0 Å². The highest BCUT2D eigenvalue weighted by molar-refractivity contribution is 5.91. The first-order valence-corrected chi connectivity index (χ1v) is 7.36. The topological polar surface area (TPSA) is 134 Å². The second kappa shape index (κ2) is 10.4. The van der Waals surface area contributed by atoms with Gasteiger partial charge in [-0.1, -0.05) is 12.1 Å². The summed E-state index contributed by atoms with van der Waals surface area (Å²) in [6.07, 6.45) is 1.03. The number of para-hydroxylation sites is 2. The lowest BCUT2D eigenvalue weighted by atomic mass is 10.2. The van der Waals surface area contributed by atoms with Gasteiger partial charge in [-0.15, -0.1) is 0 Å². The summed E-state index contributed by atoms with van der Waals surface area (Å²) in [6.45, 7) is -0.105. The predicted molar refractivity (Wildman–Crippen MR) is 85.1 cm³/mol. The van der Waals surface area contributed by atoms with Crippen LogP contribution in [0.15, 0.2) is 24.3 Å². The molecule has 1 atom stereocenters. The molecule has 0 saturated carbocycles. The number of urea groups is 1. The van der Waals surface area contributed by atoms with Crippen molar-refractivity contribution in [3.63, 3.8) is 0 Å². The molecule has 1 rings (SSSR count). The van der Waals surface area contributed by atoms with Gasteiger partial charge in [-0.2, -0.15) is 0 Å². The highest BCUT2D eigenvalue weighted by Gasteiger charge is 2.13. The summed E-state index contributed by atoms with van der Waals surface area (Å²) in [5.74, 6) is -0.0531. The monoisotopic (exact) mass is 325 g/mol. The Kier molecular flexibility index (Phi) is 8.48. The van der Waals surface area contributed by atoms with Crippen LogP contribution in [0.3, 0.4) is 0 Å². The number of aliphatic hydroxyl groups is 2. The maximum absolute atomic E-state index is 12.0. The fourth-order valence-electron chi connectivity index (χ4n) is 1.85. The van der Waals surface area contributed by atoms with Crippen LogP contribution in [-0.4, -0.2) is 48.0 Å². The van der Waals surface area contributed by atoms with Gasteiger partial charge in [0.15, 0.2) is 0 Å². The third kappa shape index (κ3) is 7.48. The van der Waals surface area contributed by atoms with Crippen LogP contribution in [0.5, 0.6) is 5.75 Å². The molecule has 0 aliphatic heterocycles. The number of carbonyl (C=O) groups is 2. The van der Waals surface area contributed by atoms with Crippen molar-refractivity contribution in [3.8, 4) is 5.75 Å². The van der Waals surface area contributed by atoms with Crippen LogP contribution in [0.2, 0.25) is 0 Å². The number of primary amides is 1. The maximum Gasteiger partial charge on any atom is 0.319 e. The minimum Gasteiger partial charge on any atom is -0.491 e. The Hall–Kier alpha value is -2.32. The van der Waals surface area contributed by atoms with E-state index in [4.69, 9.17) is 15.6 Å². The van der Waals surface area contributed by atoms with Gasteiger partial charge in [0.2, 0.25) is 5.91 Å². The normalized spacial score (nSPS) is 11.6. The lowest BCUT2D eigenvalue weighted by Gasteiger charge is -2.17. The van der Waals surface area contributed by atoms with Crippen molar-refractivity contribution in [1.82, 2.24) is 5.32 Å². The molecule has 0 aliphatic rings. The predicted octanol–water partition coefficient (Wildman–Crippen LogP) is 0.196. The minimum absolute atomic E-state index is 0.00364. The Morgan fingerprint density at radius 2 is 2.00 bits per heavy atom. The number of carbonyl (C=O) groups excluding carboxylic acids is 2. The molecule has 0 unspecified atom stereocenters. The number of rotatable bonds is 10. The van der Waals surface area contributed by atoms with Gasteiger partial charge in [0.25, 0.3) is 0 Å². The minimum atomic E-state index is -0.493. The number of hydrogen-bond acceptors (Lipinski definition) is 5. The largest absolute Gasteiger partial charge is 0.491 e. The smallest absolute Gasteiger partial charge is 0.319 e. The van der Waals surface area contributed by atoms with Gasteiger partial charge >= 0.3 is 6.03 Å². The molecule has 0 saturated heterocycles. The summed E-state index contributed by atoms with van der Waals surface area (Å²) >= 11 is 0. The highest BCUT2D eigenvalue weighted by Crippen LogP contribution is 2.23. The number of anilines is 1. The first-order chi connectivity index (χ1) is 11.1. The lowest BCUT2D eigenvalue weighted by molar-refractivity contribution is -0.118. The van der Waals surface area contributed by atoms with Crippen LogP contribution in [0.1, 0.15) is 19.3 Å². The Morgan fingerprint density at radius 3 is 2.65 bits per heavy atom. The molecular formula is C15H23N3O5. The molecule has 0 bridgehead atoms. The first kappa shape index (κ1) is 18.7. The van der Waals surface area contributed by atoms with Crippen LogP contribution in [0, 0.1) is 0 Å². The third-order valence-corrected chi connectivity index (χ3v) is 3.01. The summed E-state index contributed by atoms with van der Waals surface area (Å²) in [5.41, 5.74) is 5.48. The van der Waals surface area contributed by atoms with Gasteiger partial charge in [0, 0.05) is 6.61 Å². The summed E-state index contributed by atoms with van der Waals surface area (Å²) in [6, 6.07) is 5.84. The first-order valence-electron chi connectivity index (χ1n) is 7.36. The summed E-state index contributed by atoms with van der Waals surface area (Å²) in [4.78, 5) is 22.7. The second-order valence-electron chi connectivity index (χ2n) is 4.90. The van der Waals surface area contributed by atoms with Gasteiger partial charge < -0.3 is 31.3 Å². The number of nitrogens with two attached hydrogens (primary N) is 1. The fraction of sp³-hybridized carbons (Fsp3) is 0.467. The van der Waals surface area contributed by atoms with E-state index in [1.165, 1.54) is 0 Å². The SMILES string of the molecule is NC(=O)CCOc1ccccc1NC(=O)N[C@H](CO)CCCO. The van der Waals surface area contributed by atoms with Gasteiger partial charge in [-0.25, -0.2) is 4.79 Å². The molecule has 128 valence electrons. The standard InChI is InChI=1S/C15H23N3O5/c16-14(21)7-9-23-13-6-2-1-5-12(13)18-15(22)17-11(10-20)4-3-8-19/h1-2,5-6,11,19-20H,3-4,7-10H2,(H2,16,21)(H2,17,18,22)/t11-/m0/s1. The van der Waals surface area contributed by atoms with Crippen molar-refractivity contribution < 1.29 is 24.5 Å². The number of nitrogens with one attached hydrogen (secondary N) is 2. The molecule has 1 aromatic rings. The van der Waals surface area contributed by atoms with Crippen molar-refractivity contribution in [2.75, 3.05) is 25.1 Å². The number of aliphatic hydroxyl groups excluding tert-OH is 2. The average Bonchev–Trinajstić information content (AvgIpc) is 2.52. The highest BCUT2D eigenvalue weighted by atomic mass is 16.5. The van der Waals surface area contributed by atoms with Crippen molar-refractivity contribution in [2.24, 2.45) is 5.73 Å². The lowest BCUT2D eigenvalue weighted by Crippen LogP contribution is -2.40. The van der Waals surface area contributed by atoms with Gasteiger partial charge in [0.05, 0.1) is 31.4 Å². The van der Waals surface area contributed by atoms with Gasteiger partial charge in [-0.3, -0.25) is 4.79 Å². The molecule has 0 radical (unpaired) electrons. The summed E-state index contributed by atoms with van der Waals surface area (Å²) in [7, 11) is 0. The second-order valence-corrected chi connectivity index (χ2v) is 4.90. The van der Waals surface area contributed by atoms with E-state index >= 15 is 0 Å². The zero-order chi connectivity index (χ0) is 17.1. The molecule has 0 spiro atoms. The number of hydrogen-bond donors (Lipinski definition) is 5. The van der Waals surface area contributed by atoms with Crippen LogP contribution < -0.4 is 21.1 Å². The Balaban J connectivity index is 2.57. The number of amides is 3. The Labute approximate surface area is 134 Å². The van der Waals surface area contributed by atoms with Crippen LogP contribution in [-0.2, 0) is 4.79 Å². The summed E-state index contributed by atoms with van der Waals surface area (Å²) < 4.78 is 5.42. The number of benzene rings is 1. The van der Waals surface area contributed by atoms with E-state index in [0.29, 0.717) is 24.3 Å². The van der Waals surface area contributed by atoms with E-state index in [1.54, 1.807) is 24.3 Å². The number of ether oxygens (including phenoxy) is 1. The van der Waals surface area contributed by atoms with E-state index in [2.05, 4.69) is 10.6 Å². The molecular weight excluding hydrogens is 302 g/mol. The van der Waals surface area contributed by atoms with E-state index in [9.17, 15) is 14.7 Å². The third-order valence-electron chi connectivity index (χ3n) is 3.01. The van der Waals surface area contributed by atoms with Crippen molar-refractivity contribution >= 4 is 17.6 Å². The van der Waals surface area contributed by atoms with E-state index in [-0.39, 0.29) is 26.2 Å². The Bertz CT molecular complexity index is 510. The summed E-state index contributed by atoms with van der Waals surface area (Å²) in [5, 5.41) is 23.2. The van der Waals surface area contributed by atoms with Crippen LogP contribution in [0.25, 0.3) is 0 Å². The maximum atomic E-state index is 12.0. The molecule has 8 nitrogen and oxygen atoms in total. The average molecular weight is 325 g/mol. The molecule has 1 aromatic carbocycles. The molecule has 0 heterocycles. The van der Waals surface area contributed by atoms with E-state index < -0.39 is 18.0 Å². The van der Waals surface area contributed by atoms with E-state index in [1.807, 2.05) is 0 Å². The van der Waals surface area contributed by atoms with Crippen molar-refractivity contribution in [1.29, 1.82) is 0 Å².